The summed E-state index contributed by atoms with van der Waals surface area (Å²) in [5.74, 6) is -2.06. The van der Waals surface area contributed by atoms with E-state index in [1.165, 1.54) is 55.1 Å². The van der Waals surface area contributed by atoms with E-state index in [0.29, 0.717) is 28.3 Å². The van der Waals surface area contributed by atoms with Crippen LogP contribution in [-0.4, -0.2) is 132 Å². The van der Waals surface area contributed by atoms with Crippen LogP contribution in [0.4, 0.5) is 16.2 Å². The summed E-state index contributed by atoms with van der Waals surface area (Å²) in [7, 11) is 5.88. The second-order valence-corrected chi connectivity index (χ2v) is 16.3. The van der Waals surface area contributed by atoms with Crippen LogP contribution in [0.5, 0.6) is 5.75 Å². The number of aliphatic imine (C=N–C) groups is 1. The Labute approximate surface area is 379 Å². The van der Waals surface area contributed by atoms with E-state index in [9.17, 15) is 24.0 Å². The van der Waals surface area contributed by atoms with Gasteiger partial charge in [0.1, 0.15) is 30.0 Å². The van der Waals surface area contributed by atoms with Crippen LogP contribution in [-0.2, 0) is 39.9 Å². The number of nitrogens with zero attached hydrogens (tertiary/aromatic N) is 4. The van der Waals surface area contributed by atoms with Crippen LogP contribution in [0.3, 0.4) is 0 Å². The van der Waals surface area contributed by atoms with Crippen LogP contribution in [0.25, 0.3) is 10.8 Å². The average molecular weight is 895 g/mol. The topological polar surface area (TPSA) is 195 Å². The number of carbonyl (C=O) groups is 6. The lowest BCUT2D eigenvalue weighted by molar-refractivity contribution is -0.146. The molecular formula is C48H58N6O11. The monoisotopic (exact) mass is 894 g/mol. The van der Waals surface area contributed by atoms with Crippen molar-refractivity contribution in [3.8, 4) is 5.75 Å². The molecular weight excluding hydrogens is 837 g/mol. The van der Waals surface area contributed by atoms with Crippen molar-refractivity contribution in [2.45, 2.75) is 64.9 Å². The number of rotatable bonds is 17. The number of esters is 1. The Morgan fingerprint density at radius 3 is 2.26 bits per heavy atom. The zero-order chi connectivity index (χ0) is 47.4. The maximum atomic E-state index is 15.3. The third kappa shape index (κ3) is 12.2. The van der Waals surface area contributed by atoms with E-state index in [2.05, 4.69) is 20.4 Å². The van der Waals surface area contributed by atoms with Crippen molar-refractivity contribution in [1.82, 2.24) is 15.5 Å². The molecule has 0 spiro atoms. The van der Waals surface area contributed by atoms with E-state index in [-0.39, 0.29) is 50.6 Å². The number of hydrogen-bond donors (Lipinski definition) is 2. The van der Waals surface area contributed by atoms with Crippen molar-refractivity contribution in [2.75, 3.05) is 71.1 Å². The SMILES string of the molecule is CN=Cc1ccc2c(c1)N(C(=O)c1ccc(C(=O)NCCOCCOCC(=O)OC)cc1)[C@@H](C)[C@H](NC(=O)[C@H](C)N(C)C(=O)OC(C)(C)C)C(=O)N2Cc1c(OC)ccc2ccccc12. The maximum absolute atomic E-state index is 15.3. The normalized spacial score (nSPS) is 15.5. The molecule has 1 aliphatic heterocycles. The molecule has 0 fully saturated rings. The molecule has 17 nitrogen and oxygen atoms in total. The Hall–Kier alpha value is -6.85. The molecule has 4 aromatic rings. The fourth-order valence-electron chi connectivity index (χ4n) is 7.14. The highest BCUT2D eigenvalue weighted by atomic mass is 16.6. The van der Waals surface area contributed by atoms with Crippen LogP contribution in [0.2, 0.25) is 0 Å². The second kappa shape index (κ2) is 22.2. The highest BCUT2D eigenvalue weighted by molar-refractivity contribution is 6.14. The standard InChI is InChI=1S/C48H58N6O11/c1-30-42(51-43(56)31(2)52(7)47(60)65-48(3,4)5)46(59)53(28-37-36-13-11-10-12-33(36)19-21-40(37)61-8)38-20-14-32(27-49-6)26-39(38)54(30)45(58)35-17-15-34(16-18-35)44(57)50-22-23-63-24-25-64-29-41(55)62-9/h10-21,26-27,30-31,42H,22-25,28-29H2,1-9H3,(H,50,57)(H,51,56)/t30-,31-,42-/m0/s1. The first-order chi connectivity index (χ1) is 31.0. The van der Waals surface area contributed by atoms with Gasteiger partial charge in [0.15, 0.2) is 0 Å². The summed E-state index contributed by atoms with van der Waals surface area (Å²) >= 11 is 0. The fraction of sp³-hybridized carbons (Fsp3) is 0.396. The van der Waals surface area contributed by atoms with Gasteiger partial charge >= 0.3 is 12.1 Å². The molecule has 3 atom stereocenters. The summed E-state index contributed by atoms with van der Waals surface area (Å²) in [6.07, 6.45) is 0.896. The Morgan fingerprint density at radius 1 is 0.892 bits per heavy atom. The van der Waals surface area contributed by atoms with Crippen molar-refractivity contribution in [3.63, 3.8) is 0 Å². The molecule has 0 aromatic heterocycles. The average Bonchev–Trinajstić information content (AvgIpc) is 3.36. The third-order valence-electron chi connectivity index (χ3n) is 10.7. The number of likely N-dealkylation sites (N-methyl/N-ethyl adjacent to an activating group) is 1. The number of carbonyl (C=O) groups excluding carboxylic acids is 6. The summed E-state index contributed by atoms with van der Waals surface area (Å²) in [5.41, 5.74) is 1.74. The molecule has 0 saturated carbocycles. The third-order valence-corrected chi connectivity index (χ3v) is 10.7. The molecule has 5 rings (SSSR count). The van der Waals surface area contributed by atoms with Crippen molar-refractivity contribution in [1.29, 1.82) is 0 Å². The van der Waals surface area contributed by atoms with Crippen molar-refractivity contribution in [3.05, 3.63) is 101 Å². The Kier molecular flexibility index (Phi) is 16.8. The molecule has 65 heavy (non-hydrogen) atoms. The van der Waals surface area contributed by atoms with E-state index in [4.69, 9.17) is 18.9 Å². The summed E-state index contributed by atoms with van der Waals surface area (Å²) in [6.45, 7) is 8.91. The molecule has 0 saturated heterocycles. The molecule has 2 N–H and O–H groups in total. The van der Waals surface area contributed by atoms with Gasteiger partial charge in [-0.25, -0.2) is 9.59 Å². The van der Waals surface area contributed by atoms with Gasteiger partial charge in [0.05, 0.1) is 58.0 Å². The maximum Gasteiger partial charge on any atom is 0.410 e. The number of fused-ring (bicyclic) bond motifs is 2. The number of benzene rings is 4. The summed E-state index contributed by atoms with van der Waals surface area (Å²) in [4.78, 5) is 90.1. The first-order valence-corrected chi connectivity index (χ1v) is 21.1. The molecule has 0 unspecified atom stereocenters. The van der Waals surface area contributed by atoms with Crippen LogP contribution >= 0.6 is 0 Å². The Balaban J connectivity index is 1.51. The molecule has 0 aliphatic carbocycles. The largest absolute Gasteiger partial charge is 0.496 e. The number of methoxy groups -OCH3 is 2. The van der Waals surface area contributed by atoms with E-state index >= 15 is 4.79 Å². The van der Waals surface area contributed by atoms with E-state index < -0.39 is 59.4 Å². The highest BCUT2D eigenvalue weighted by Gasteiger charge is 2.44. The minimum absolute atomic E-state index is 0.00984. The molecule has 4 aromatic carbocycles. The smallest absolute Gasteiger partial charge is 0.410 e. The molecule has 346 valence electrons. The van der Waals surface area contributed by atoms with Gasteiger partial charge in [-0.1, -0.05) is 36.4 Å². The molecule has 0 bridgehead atoms. The van der Waals surface area contributed by atoms with E-state index in [1.54, 1.807) is 66.3 Å². The van der Waals surface area contributed by atoms with Crippen molar-refractivity contribution >= 4 is 64.1 Å². The Bertz CT molecular complexity index is 2400. The fourth-order valence-corrected chi connectivity index (χ4v) is 7.14. The van der Waals surface area contributed by atoms with Crippen LogP contribution in [0.1, 0.15) is 66.5 Å². The summed E-state index contributed by atoms with van der Waals surface area (Å²) in [5, 5.41) is 7.43. The van der Waals surface area contributed by atoms with Crippen molar-refractivity contribution in [2.24, 2.45) is 4.99 Å². The zero-order valence-corrected chi connectivity index (χ0v) is 38.3. The lowest BCUT2D eigenvalue weighted by atomic mass is 10.0. The number of ether oxygens (including phenoxy) is 5. The van der Waals surface area contributed by atoms with Crippen LogP contribution in [0.15, 0.2) is 83.9 Å². The number of hydrogen-bond acceptors (Lipinski definition) is 12. The predicted octanol–water partition coefficient (Wildman–Crippen LogP) is 5.16. The Morgan fingerprint density at radius 2 is 1.58 bits per heavy atom. The van der Waals surface area contributed by atoms with E-state index in [1.807, 2.05) is 36.4 Å². The zero-order valence-electron chi connectivity index (χ0n) is 38.3. The highest BCUT2D eigenvalue weighted by Crippen LogP contribution is 2.40. The minimum Gasteiger partial charge on any atom is -0.496 e. The van der Waals surface area contributed by atoms with Gasteiger partial charge < -0.3 is 44.1 Å². The summed E-state index contributed by atoms with van der Waals surface area (Å²) in [6, 6.07) is 19.4. The number of nitrogens with one attached hydrogen (secondary N) is 2. The van der Waals surface area contributed by atoms with Crippen molar-refractivity contribution < 1.29 is 52.5 Å². The van der Waals surface area contributed by atoms with Gasteiger partial charge in [0.25, 0.3) is 17.7 Å². The second-order valence-electron chi connectivity index (χ2n) is 16.3. The molecule has 5 amide bonds. The lowest BCUT2D eigenvalue weighted by Gasteiger charge is -2.34. The number of anilines is 2. The molecule has 17 heteroatoms. The first kappa shape index (κ1) is 49.2. The predicted molar refractivity (Wildman–Crippen MR) is 246 cm³/mol. The van der Waals surface area contributed by atoms with Gasteiger partial charge in [0.2, 0.25) is 5.91 Å². The quantitative estimate of drug-likeness (QED) is 0.0809. The minimum atomic E-state index is -1.34. The molecule has 0 radical (unpaired) electrons. The molecule has 1 heterocycles. The first-order valence-electron chi connectivity index (χ1n) is 21.1. The van der Waals surface area contributed by atoms with Crippen LogP contribution in [0, 0.1) is 0 Å². The summed E-state index contributed by atoms with van der Waals surface area (Å²) < 4.78 is 26.5. The number of amides is 5. The van der Waals surface area contributed by atoms with Gasteiger partial charge in [-0.2, -0.15) is 0 Å². The van der Waals surface area contributed by atoms with Gasteiger partial charge in [-0.05, 0) is 93.4 Å². The van der Waals surface area contributed by atoms with Gasteiger partial charge in [-0.3, -0.25) is 29.1 Å². The molecule has 1 aliphatic rings. The van der Waals surface area contributed by atoms with Gasteiger partial charge in [-0.15, -0.1) is 0 Å². The van der Waals surface area contributed by atoms with Crippen LogP contribution < -0.4 is 25.2 Å². The van der Waals surface area contributed by atoms with E-state index in [0.717, 1.165) is 15.7 Å². The van der Waals surface area contributed by atoms with Gasteiger partial charge in [0, 0.05) is 43.5 Å². The lowest BCUT2D eigenvalue weighted by Crippen LogP contribution is -2.60.